The molecule has 0 spiro atoms. The smallest absolute Gasteiger partial charge is 0.159 e. The fraction of sp³-hybridized carbons (Fsp3) is 0.538. The zero-order chi connectivity index (χ0) is 12.6. The van der Waals surface area contributed by atoms with E-state index < -0.39 is 11.6 Å². The van der Waals surface area contributed by atoms with E-state index in [4.69, 9.17) is 0 Å². The minimum absolute atomic E-state index is 0.122. The van der Waals surface area contributed by atoms with Gasteiger partial charge in [0.1, 0.15) is 0 Å². The second-order valence-corrected chi connectivity index (χ2v) is 6.32. The molecule has 0 fully saturated rings. The molecule has 17 heavy (non-hydrogen) atoms. The lowest BCUT2D eigenvalue weighted by Crippen LogP contribution is -2.32. The molecule has 0 saturated carbocycles. The van der Waals surface area contributed by atoms with Crippen LogP contribution in [0.25, 0.3) is 0 Å². The predicted octanol–water partition coefficient (Wildman–Crippen LogP) is 3.89. The average molecular weight is 257 g/mol. The zero-order valence-corrected chi connectivity index (χ0v) is 11.1. The van der Waals surface area contributed by atoms with Crippen LogP contribution in [0, 0.1) is 11.6 Å². The molecule has 1 nitrogen and oxygen atoms in total. The summed E-state index contributed by atoms with van der Waals surface area (Å²) in [5, 5.41) is 3.83. The lowest BCUT2D eigenvalue weighted by molar-refractivity contribution is 0.433. The molecule has 0 amide bonds. The third-order valence-corrected chi connectivity index (χ3v) is 4.06. The molecule has 1 aromatic carbocycles. The molecule has 1 aromatic rings. The number of thioether (sulfide) groups is 1. The summed E-state index contributed by atoms with van der Waals surface area (Å²) < 4.78 is 26.5. The van der Waals surface area contributed by atoms with Gasteiger partial charge >= 0.3 is 0 Å². The number of rotatable bonds is 2. The van der Waals surface area contributed by atoms with E-state index in [-0.39, 0.29) is 6.04 Å². The van der Waals surface area contributed by atoms with Crippen LogP contribution in [0.4, 0.5) is 8.78 Å². The van der Waals surface area contributed by atoms with E-state index in [1.165, 1.54) is 12.1 Å². The van der Waals surface area contributed by atoms with E-state index in [0.29, 0.717) is 11.3 Å². The lowest BCUT2D eigenvalue weighted by atomic mass is 10.00. The molecule has 2 rings (SSSR count). The van der Waals surface area contributed by atoms with E-state index in [1.54, 1.807) is 11.8 Å². The fourth-order valence-electron chi connectivity index (χ4n) is 2.20. The van der Waals surface area contributed by atoms with Crippen LogP contribution < -0.4 is 5.32 Å². The van der Waals surface area contributed by atoms with Gasteiger partial charge in [-0.25, -0.2) is 8.78 Å². The van der Waals surface area contributed by atoms with Crippen molar-refractivity contribution >= 4 is 11.8 Å². The monoisotopic (exact) mass is 257 g/mol. The molecular weight excluding hydrogens is 240 g/mol. The van der Waals surface area contributed by atoms with Crippen molar-refractivity contribution in [3.8, 4) is 0 Å². The van der Waals surface area contributed by atoms with Gasteiger partial charge in [-0.15, -0.1) is 11.8 Å². The Morgan fingerprint density at radius 3 is 2.59 bits per heavy atom. The summed E-state index contributed by atoms with van der Waals surface area (Å²) in [6.45, 7) is 6.24. The Hall–Kier alpha value is -0.610. The number of benzene rings is 1. The van der Waals surface area contributed by atoms with Crippen LogP contribution in [0.3, 0.4) is 0 Å². The third-order valence-electron chi connectivity index (χ3n) is 2.86. The lowest BCUT2D eigenvalue weighted by Gasteiger charge is -2.31. The first-order valence-corrected chi connectivity index (χ1v) is 6.77. The van der Waals surface area contributed by atoms with E-state index in [9.17, 15) is 8.78 Å². The highest BCUT2D eigenvalue weighted by atomic mass is 32.2. The molecule has 94 valence electrons. The number of hydrogen-bond donors (Lipinski definition) is 1. The largest absolute Gasteiger partial charge is 0.308 e. The van der Waals surface area contributed by atoms with Gasteiger partial charge in [0, 0.05) is 22.2 Å². The standard InChI is InChI=1S/C13H17F2NS/c1-7(2)16-12-4-8(3)17-13-6-11(15)10(14)5-9(12)13/h5-8,12,16H,4H2,1-3H3. The molecule has 1 aliphatic heterocycles. The Morgan fingerprint density at radius 2 is 1.94 bits per heavy atom. The van der Waals surface area contributed by atoms with Gasteiger partial charge < -0.3 is 5.32 Å². The zero-order valence-electron chi connectivity index (χ0n) is 10.3. The van der Waals surface area contributed by atoms with Crippen molar-refractivity contribution in [2.75, 3.05) is 0 Å². The molecule has 0 aromatic heterocycles. The summed E-state index contributed by atoms with van der Waals surface area (Å²) in [6.07, 6.45) is 0.945. The normalized spacial score (nSPS) is 23.9. The first kappa shape index (κ1) is 12.8. The van der Waals surface area contributed by atoms with Crippen molar-refractivity contribution in [2.45, 2.75) is 49.4 Å². The predicted molar refractivity (Wildman–Crippen MR) is 67.3 cm³/mol. The maximum Gasteiger partial charge on any atom is 0.159 e. The van der Waals surface area contributed by atoms with Crippen molar-refractivity contribution in [3.63, 3.8) is 0 Å². The molecule has 1 N–H and O–H groups in total. The molecule has 2 unspecified atom stereocenters. The van der Waals surface area contributed by atoms with Gasteiger partial charge in [0.2, 0.25) is 0 Å². The minimum Gasteiger partial charge on any atom is -0.308 e. The Labute approximate surface area is 105 Å². The van der Waals surface area contributed by atoms with Crippen LogP contribution in [0.15, 0.2) is 17.0 Å². The molecule has 0 radical (unpaired) electrons. The Morgan fingerprint density at radius 1 is 1.29 bits per heavy atom. The SMILES string of the molecule is CC(C)NC1CC(C)Sc2cc(F)c(F)cc21. The van der Waals surface area contributed by atoms with Gasteiger partial charge in [-0.2, -0.15) is 0 Å². The Balaban J connectivity index is 2.37. The van der Waals surface area contributed by atoms with Gasteiger partial charge in [-0.3, -0.25) is 0 Å². The average Bonchev–Trinajstić information content (AvgIpc) is 2.20. The van der Waals surface area contributed by atoms with Crippen LogP contribution in [-0.4, -0.2) is 11.3 Å². The van der Waals surface area contributed by atoms with E-state index in [0.717, 1.165) is 16.9 Å². The quantitative estimate of drug-likeness (QED) is 0.862. The van der Waals surface area contributed by atoms with Gasteiger partial charge in [0.25, 0.3) is 0 Å². The molecule has 4 heteroatoms. The number of fused-ring (bicyclic) bond motifs is 1. The number of halogens is 2. The minimum atomic E-state index is -0.756. The highest BCUT2D eigenvalue weighted by Crippen LogP contribution is 2.41. The summed E-state index contributed by atoms with van der Waals surface area (Å²) in [5.74, 6) is -1.51. The summed E-state index contributed by atoms with van der Waals surface area (Å²) in [4.78, 5) is 0.862. The first-order valence-electron chi connectivity index (χ1n) is 5.89. The molecule has 1 heterocycles. The van der Waals surface area contributed by atoms with Crippen LogP contribution in [0.1, 0.15) is 38.8 Å². The van der Waals surface area contributed by atoms with Crippen LogP contribution in [0.5, 0.6) is 0 Å². The highest BCUT2D eigenvalue weighted by molar-refractivity contribution is 8.00. The summed E-state index contributed by atoms with van der Waals surface area (Å²) in [6, 6.07) is 3.11. The summed E-state index contributed by atoms with van der Waals surface area (Å²) in [5.41, 5.74) is 0.890. The van der Waals surface area contributed by atoms with Crippen molar-refractivity contribution in [1.29, 1.82) is 0 Å². The molecule has 0 saturated heterocycles. The Kier molecular flexibility index (Phi) is 3.73. The molecule has 0 bridgehead atoms. The topological polar surface area (TPSA) is 12.0 Å². The van der Waals surface area contributed by atoms with E-state index in [2.05, 4.69) is 26.1 Å². The van der Waals surface area contributed by atoms with Crippen LogP contribution in [-0.2, 0) is 0 Å². The maximum atomic E-state index is 13.3. The van der Waals surface area contributed by atoms with Crippen LogP contribution in [0.2, 0.25) is 0 Å². The molecule has 2 atom stereocenters. The number of nitrogens with one attached hydrogen (secondary N) is 1. The second kappa shape index (κ2) is 4.94. The maximum absolute atomic E-state index is 13.3. The van der Waals surface area contributed by atoms with Crippen molar-refractivity contribution in [1.82, 2.24) is 5.32 Å². The number of hydrogen-bond acceptors (Lipinski definition) is 2. The van der Waals surface area contributed by atoms with Crippen LogP contribution >= 0.6 is 11.8 Å². The first-order chi connectivity index (χ1) is 7.97. The summed E-state index contributed by atoms with van der Waals surface area (Å²) >= 11 is 1.62. The summed E-state index contributed by atoms with van der Waals surface area (Å²) in [7, 11) is 0. The van der Waals surface area contributed by atoms with Gasteiger partial charge in [-0.05, 0) is 24.1 Å². The van der Waals surface area contributed by atoms with Gasteiger partial charge in [-0.1, -0.05) is 20.8 Å². The molecule has 1 aliphatic rings. The van der Waals surface area contributed by atoms with Gasteiger partial charge in [0.15, 0.2) is 11.6 Å². The highest BCUT2D eigenvalue weighted by Gasteiger charge is 2.27. The molecule has 0 aliphatic carbocycles. The third kappa shape index (κ3) is 2.80. The van der Waals surface area contributed by atoms with Crippen molar-refractivity contribution < 1.29 is 8.78 Å². The molecular formula is C13H17F2NS. The van der Waals surface area contributed by atoms with E-state index >= 15 is 0 Å². The van der Waals surface area contributed by atoms with Crippen molar-refractivity contribution in [3.05, 3.63) is 29.3 Å². The van der Waals surface area contributed by atoms with Gasteiger partial charge in [0.05, 0.1) is 0 Å². The van der Waals surface area contributed by atoms with E-state index in [1.807, 2.05) is 0 Å². The second-order valence-electron chi connectivity index (χ2n) is 4.84. The fourth-order valence-corrected chi connectivity index (χ4v) is 3.43. The Bertz CT molecular complexity index is 420. The van der Waals surface area contributed by atoms with Crippen molar-refractivity contribution in [2.24, 2.45) is 0 Å².